The Morgan fingerprint density at radius 3 is 2.75 bits per heavy atom. The van der Waals surface area contributed by atoms with Crippen LogP contribution in [0.1, 0.15) is 12.8 Å². The number of rotatable bonds is 3. The summed E-state index contributed by atoms with van der Waals surface area (Å²) in [6.45, 7) is 2.31. The van der Waals surface area contributed by atoms with Gasteiger partial charge in [-0.25, -0.2) is 4.79 Å². The number of halogens is 1. The van der Waals surface area contributed by atoms with Crippen molar-refractivity contribution in [2.75, 3.05) is 24.6 Å². The lowest BCUT2D eigenvalue weighted by Gasteiger charge is -2.33. The number of nitrogens with one attached hydrogen (secondary N) is 1. The number of piperidine rings is 1. The smallest absolute Gasteiger partial charge is 0.407 e. The van der Waals surface area contributed by atoms with Crippen LogP contribution in [0, 0.1) is 5.92 Å². The summed E-state index contributed by atoms with van der Waals surface area (Å²) in [5, 5.41) is 14.0. The summed E-state index contributed by atoms with van der Waals surface area (Å²) in [5.41, 5.74) is 0.920. The lowest BCUT2D eigenvalue weighted by Crippen LogP contribution is -2.42. The number of hydrogen-bond acceptors (Lipinski definition) is 6. The van der Waals surface area contributed by atoms with Crippen LogP contribution in [-0.4, -0.2) is 42.0 Å². The van der Waals surface area contributed by atoms with Gasteiger partial charge >= 0.3 is 6.09 Å². The van der Waals surface area contributed by atoms with Crippen molar-refractivity contribution in [3.8, 4) is 10.6 Å². The van der Waals surface area contributed by atoms with Crippen molar-refractivity contribution in [2.24, 2.45) is 5.92 Å². The number of cyclic esters (lactones) is 1. The fourth-order valence-electron chi connectivity index (χ4n) is 3.23. The molecule has 1 aromatic carbocycles. The van der Waals surface area contributed by atoms with E-state index in [2.05, 4.69) is 20.4 Å². The van der Waals surface area contributed by atoms with Gasteiger partial charge in [-0.3, -0.25) is 0 Å². The third kappa shape index (κ3) is 3.06. The van der Waals surface area contributed by atoms with E-state index in [0.717, 1.165) is 41.6 Å². The molecular weight excluding hydrogens is 348 g/mol. The van der Waals surface area contributed by atoms with Gasteiger partial charge in [-0.1, -0.05) is 41.1 Å². The number of hydrogen-bond donors (Lipinski definition) is 1. The van der Waals surface area contributed by atoms with Gasteiger partial charge < -0.3 is 15.0 Å². The molecule has 3 heterocycles. The fourth-order valence-corrected chi connectivity index (χ4v) is 4.45. The van der Waals surface area contributed by atoms with Gasteiger partial charge in [0.1, 0.15) is 6.61 Å². The molecule has 6 nitrogen and oxygen atoms in total. The molecule has 0 spiro atoms. The predicted molar refractivity (Wildman–Crippen MR) is 93.6 cm³/mol. The van der Waals surface area contributed by atoms with Crippen molar-refractivity contribution in [2.45, 2.75) is 18.9 Å². The van der Waals surface area contributed by atoms with Crippen LogP contribution in [0.4, 0.5) is 9.93 Å². The van der Waals surface area contributed by atoms with E-state index in [1.54, 1.807) is 11.3 Å². The fraction of sp³-hybridized carbons (Fsp3) is 0.438. The summed E-state index contributed by atoms with van der Waals surface area (Å²) in [6.07, 6.45) is 1.72. The molecule has 4 rings (SSSR count). The third-order valence-electron chi connectivity index (χ3n) is 4.60. The van der Waals surface area contributed by atoms with Crippen LogP contribution in [0.5, 0.6) is 0 Å². The highest BCUT2D eigenvalue weighted by molar-refractivity contribution is 7.18. The van der Waals surface area contributed by atoms with Crippen molar-refractivity contribution < 1.29 is 9.53 Å². The van der Waals surface area contributed by atoms with Crippen molar-refractivity contribution in [1.29, 1.82) is 0 Å². The van der Waals surface area contributed by atoms with Gasteiger partial charge in [-0.15, -0.1) is 10.2 Å². The molecule has 1 unspecified atom stereocenters. The zero-order valence-corrected chi connectivity index (χ0v) is 14.5. The van der Waals surface area contributed by atoms with Crippen LogP contribution in [0.25, 0.3) is 10.6 Å². The standard InChI is InChI=1S/C16H17ClN4O2S/c17-12-4-2-1-3-11(12)14-19-20-15(24-14)21-7-5-10(6-8-21)13-9-23-16(22)18-13/h1-4,10,13H,5-9H2,(H,18,22). The Labute approximate surface area is 148 Å². The maximum Gasteiger partial charge on any atom is 0.407 e. The number of benzene rings is 1. The van der Waals surface area contributed by atoms with Gasteiger partial charge in [-0.2, -0.15) is 0 Å². The lowest BCUT2D eigenvalue weighted by atomic mass is 9.90. The van der Waals surface area contributed by atoms with Gasteiger partial charge in [0, 0.05) is 18.7 Å². The van der Waals surface area contributed by atoms with E-state index in [4.69, 9.17) is 16.3 Å². The molecule has 1 amide bonds. The molecule has 2 saturated heterocycles. The van der Waals surface area contributed by atoms with Crippen LogP contribution in [0.3, 0.4) is 0 Å². The summed E-state index contributed by atoms with van der Waals surface area (Å²) in [7, 11) is 0. The molecule has 1 aromatic heterocycles. The summed E-state index contributed by atoms with van der Waals surface area (Å²) in [5.74, 6) is 0.462. The Morgan fingerprint density at radius 2 is 2.04 bits per heavy atom. The SMILES string of the molecule is O=C1NC(C2CCN(c3nnc(-c4ccccc4Cl)s3)CC2)CO1. The van der Waals surface area contributed by atoms with Crippen molar-refractivity contribution >= 4 is 34.2 Å². The molecular formula is C16H17ClN4O2S. The Balaban J connectivity index is 1.41. The lowest BCUT2D eigenvalue weighted by molar-refractivity contribution is 0.174. The van der Waals surface area contributed by atoms with Crippen LogP contribution in [0.15, 0.2) is 24.3 Å². The van der Waals surface area contributed by atoms with E-state index < -0.39 is 0 Å². The van der Waals surface area contributed by atoms with Gasteiger partial charge in [-0.05, 0) is 24.8 Å². The Hall–Kier alpha value is -1.86. The minimum Gasteiger partial charge on any atom is -0.447 e. The molecule has 2 aliphatic heterocycles. The molecule has 0 bridgehead atoms. The maximum absolute atomic E-state index is 11.2. The monoisotopic (exact) mass is 364 g/mol. The molecule has 8 heteroatoms. The first-order valence-corrected chi connectivity index (χ1v) is 9.17. The highest BCUT2D eigenvalue weighted by Crippen LogP contribution is 2.34. The quantitative estimate of drug-likeness (QED) is 0.905. The second kappa shape index (κ2) is 6.57. The van der Waals surface area contributed by atoms with Crippen LogP contribution in [0.2, 0.25) is 5.02 Å². The van der Waals surface area contributed by atoms with Crippen LogP contribution < -0.4 is 10.2 Å². The van der Waals surface area contributed by atoms with E-state index in [1.165, 1.54) is 0 Å². The second-order valence-electron chi connectivity index (χ2n) is 6.04. The minimum absolute atomic E-state index is 0.146. The van der Waals surface area contributed by atoms with Crippen LogP contribution >= 0.6 is 22.9 Å². The molecule has 2 aromatic rings. The maximum atomic E-state index is 11.2. The number of alkyl carbamates (subject to hydrolysis) is 1. The van der Waals surface area contributed by atoms with E-state index in [-0.39, 0.29) is 12.1 Å². The number of anilines is 1. The number of carbonyl (C=O) groups excluding carboxylic acids is 1. The average molecular weight is 365 g/mol. The molecule has 1 N–H and O–H groups in total. The first-order chi connectivity index (χ1) is 11.7. The van der Waals surface area contributed by atoms with Crippen molar-refractivity contribution in [3.63, 3.8) is 0 Å². The van der Waals surface area contributed by atoms with E-state index in [9.17, 15) is 4.79 Å². The molecule has 0 saturated carbocycles. The molecule has 2 aliphatic rings. The van der Waals surface area contributed by atoms with E-state index in [1.807, 2.05) is 24.3 Å². The Bertz CT molecular complexity index is 745. The first kappa shape index (κ1) is 15.7. The summed E-state index contributed by atoms with van der Waals surface area (Å²) >= 11 is 7.80. The average Bonchev–Trinajstić information content (AvgIpc) is 3.25. The van der Waals surface area contributed by atoms with Gasteiger partial charge in [0.25, 0.3) is 0 Å². The molecule has 0 radical (unpaired) electrons. The van der Waals surface area contributed by atoms with Crippen molar-refractivity contribution in [1.82, 2.24) is 15.5 Å². The second-order valence-corrected chi connectivity index (χ2v) is 7.41. The number of aromatic nitrogens is 2. The molecule has 126 valence electrons. The number of nitrogens with zero attached hydrogens (tertiary/aromatic N) is 3. The van der Waals surface area contributed by atoms with E-state index >= 15 is 0 Å². The van der Waals surface area contributed by atoms with Gasteiger partial charge in [0.2, 0.25) is 5.13 Å². The molecule has 24 heavy (non-hydrogen) atoms. The first-order valence-electron chi connectivity index (χ1n) is 7.97. The van der Waals surface area contributed by atoms with Crippen molar-refractivity contribution in [3.05, 3.63) is 29.3 Å². The van der Waals surface area contributed by atoms with E-state index in [0.29, 0.717) is 17.5 Å². The zero-order valence-electron chi connectivity index (χ0n) is 12.9. The molecule has 0 aliphatic carbocycles. The minimum atomic E-state index is -0.295. The van der Waals surface area contributed by atoms with Gasteiger partial charge in [0.05, 0.1) is 11.1 Å². The Morgan fingerprint density at radius 1 is 1.25 bits per heavy atom. The largest absolute Gasteiger partial charge is 0.447 e. The van der Waals surface area contributed by atoms with Crippen LogP contribution in [-0.2, 0) is 4.74 Å². The summed E-state index contributed by atoms with van der Waals surface area (Å²) in [6, 6.07) is 7.83. The number of ether oxygens (including phenoxy) is 1. The summed E-state index contributed by atoms with van der Waals surface area (Å²) in [4.78, 5) is 13.4. The predicted octanol–water partition coefficient (Wildman–Crippen LogP) is 3.18. The number of amides is 1. The Kier molecular flexibility index (Phi) is 4.28. The van der Waals surface area contributed by atoms with Gasteiger partial charge in [0.15, 0.2) is 5.01 Å². The summed E-state index contributed by atoms with van der Waals surface area (Å²) < 4.78 is 5.00. The topological polar surface area (TPSA) is 67.4 Å². The highest BCUT2D eigenvalue weighted by Gasteiger charge is 2.33. The number of carbonyl (C=O) groups is 1. The highest BCUT2D eigenvalue weighted by atomic mass is 35.5. The zero-order chi connectivity index (χ0) is 16.5. The third-order valence-corrected chi connectivity index (χ3v) is 5.94. The normalized spacial score (nSPS) is 21.6. The molecule has 1 atom stereocenters. The molecule has 2 fully saturated rings.